The van der Waals surface area contributed by atoms with E-state index in [9.17, 15) is 0 Å². The van der Waals surface area contributed by atoms with Crippen LogP contribution in [0, 0.1) is 11.3 Å². The van der Waals surface area contributed by atoms with Crippen LogP contribution in [0.4, 0.5) is 0 Å². The van der Waals surface area contributed by atoms with E-state index in [2.05, 4.69) is 37.0 Å². The minimum atomic E-state index is -0.242. The number of rotatable bonds is 5. The zero-order chi connectivity index (χ0) is 11.1. The molecule has 0 aliphatic rings. The predicted molar refractivity (Wildman–Crippen MR) is 62.4 cm³/mol. The molecule has 0 spiro atoms. The summed E-state index contributed by atoms with van der Waals surface area (Å²) in [5.74, 6) is 0. The largest absolute Gasteiger partial charge is 0.295 e. The third kappa shape index (κ3) is 3.23. The minimum Gasteiger partial charge on any atom is -0.295 e. The summed E-state index contributed by atoms with van der Waals surface area (Å²) >= 11 is 0. The highest BCUT2D eigenvalue weighted by molar-refractivity contribution is 5.28. The molecule has 0 amide bonds. The van der Waals surface area contributed by atoms with Crippen LogP contribution in [0.15, 0.2) is 36.9 Å². The first-order valence-electron chi connectivity index (χ1n) is 5.14. The van der Waals surface area contributed by atoms with E-state index in [1.165, 1.54) is 5.56 Å². The van der Waals surface area contributed by atoms with E-state index < -0.39 is 0 Å². The zero-order valence-corrected chi connectivity index (χ0v) is 9.03. The molecule has 1 atom stereocenters. The fourth-order valence-electron chi connectivity index (χ4n) is 1.39. The van der Waals surface area contributed by atoms with Crippen LogP contribution in [0.2, 0.25) is 0 Å². The summed E-state index contributed by atoms with van der Waals surface area (Å²) in [5.41, 5.74) is 2.30. The lowest BCUT2D eigenvalue weighted by atomic mass is 10.0. The topological polar surface area (TPSA) is 35.8 Å². The lowest BCUT2D eigenvalue weighted by molar-refractivity contribution is 0.683. The van der Waals surface area contributed by atoms with Crippen molar-refractivity contribution in [3.8, 4) is 6.07 Å². The van der Waals surface area contributed by atoms with Crippen LogP contribution in [0.5, 0.6) is 0 Å². The van der Waals surface area contributed by atoms with Crippen LogP contribution in [-0.4, -0.2) is 6.54 Å². The van der Waals surface area contributed by atoms with E-state index in [0.29, 0.717) is 6.54 Å². The fourth-order valence-corrected chi connectivity index (χ4v) is 1.39. The Bertz CT molecular complexity index is 346. The number of hydrogen-bond donors (Lipinski definition) is 1. The number of nitrogens with one attached hydrogen (secondary N) is 1. The standard InChI is InChI=1S/C13H16N2/c1-3-9-15-13(10-14)12-7-5-11(4-2)6-8-12/h3,5-8,13,15H,1,4,9H2,2H3. The molecule has 1 rings (SSSR count). The van der Waals surface area contributed by atoms with E-state index >= 15 is 0 Å². The van der Waals surface area contributed by atoms with Gasteiger partial charge in [-0.15, -0.1) is 6.58 Å². The van der Waals surface area contributed by atoms with Crippen molar-refractivity contribution in [3.05, 3.63) is 48.0 Å². The quantitative estimate of drug-likeness (QED) is 0.741. The van der Waals surface area contributed by atoms with E-state index in [4.69, 9.17) is 5.26 Å². The summed E-state index contributed by atoms with van der Waals surface area (Å²) in [6.07, 6.45) is 2.78. The van der Waals surface area contributed by atoms with Gasteiger partial charge >= 0.3 is 0 Å². The molecule has 2 nitrogen and oxygen atoms in total. The maximum absolute atomic E-state index is 8.99. The average molecular weight is 200 g/mol. The van der Waals surface area contributed by atoms with Gasteiger partial charge in [0.2, 0.25) is 0 Å². The number of benzene rings is 1. The first-order valence-corrected chi connectivity index (χ1v) is 5.14. The molecule has 2 heteroatoms. The highest BCUT2D eigenvalue weighted by Crippen LogP contribution is 2.13. The molecule has 0 radical (unpaired) electrons. The van der Waals surface area contributed by atoms with Crippen LogP contribution in [0.1, 0.15) is 24.1 Å². The van der Waals surface area contributed by atoms with Gasteiger partial charge in [0.15, 0.2) is 0 Å². The average Bonchev–Trinajstić information content (AvgIpc) is 2.31. The Morgan fingerprint density at radius 1 is 1.47 bits per heavy atom. The first-order chi connectivity index (χ1) is 7.31. The van der Waals surface area contributed by atoms with Gasteiger partial charge in [0, 0.05) is 6.54 Å². The zero-order valence-electron chi connectivity index (χ0n) is 9.03. The highest BCUT2D eigenvalue weighted by atomic mass is 14.9. The molecule has 0 fully saturated rings. The Hall–Kier alpha value is -1.59. The maximum atomic E-state index is 8.99. The predicted octanol–water partition coefficient (Wildman–Crippen LogP) is 2.59. The fraction of sp³-hybridized carbons (Fsp3) is 0.308. The molecule has 0 aliphatic heterocycles. The Balaban J connectivity index is 2.74. The third-order valence-corrected chi connectivity index (χ3v) is 2.32. The summed E-state index contributed by atoms with van der Waals surface area (Å²) < 4.78 is 0. The summed E-state index contributed by atoms with van der Waals surface area (Å²) in [4.78, 5) is 0. The Labute approximate surface area is 91.2 Å². The van der Waals surface area contributed by atoms with Crippen molar-refractivity contribution in [2.75, 3.05) is 6.54 Å². The monoisotopic (exact) mass is 200 g/mol. The summed E-state index contributed by atoms with van der Waals surface area (Å²) in [5, 5.41) is 12.1. The molecule has 0 heterocycles. The number of hydrogen-bond acceptors (Lipinski definition) is 2. The van der Waals surface area contributed by atoms with Crippen LogP contribution in [0.25, 0.3) is 0 Å². The Morgan fingerprint density at radius 2 is 2.13 bits per heavy atom. The van der Waals surface area contributed by atoms with Crippen molar-refractivity contribution in [1.29, 1.82) is 5.26 Å². The van der Waals surface area contributed by atoms with Crippen molar-refractivity contribution in [3.63, 3.8) is 0 Å². The molecule has 1 aromatic rings. The van der Waals surface area contributed by atoms with Crippen molar-refractivity contribution in [2.24, 2.45) is 0 Å². The lowest BCUT2D eigenvalue weighted by Gasteiger charge is -2.10. The second-order valence-corrected chi connectivity index (χ2v) is 3.35. The van der Waals surface area contributed by atoms with E-state index in [-0.39, 0.29) is 6.04 Å². The Kier molecular flexibility index (Phi) is 4.59. The second kappa shape index (κ2) is 6.00. The third-order valence-electron chi connectivity index (χ3n) is 2.32. The molecular weight excluding hydrogens is 184 g/mol. The maximum Gasteiger partial charge on any atom is 0.121 e. The van der Waals surface area contributed by atoms with Crippen LogP contribution < -0.4 is 5.32 Å². The number of nitrogens with zero attached hydrogens (tertiary/aromatic N) is 1. The van der Waals surface area contributed by atoms with Gasteiger partial charge in [-0.2, -0.15) is 5.26 Å². The molecule has 0 aliphatic carbocycles. The second-order valence-electron chi connectivity index (χ2n) is 3.35. The molecular formula is C13H16N2. The molecule has 0 bridgehead atoms. The number of nitriles is 1. The van der Waals surface area contributed by atoms with Gasteiger partial charge in [-0.05, 0) is 17.5 Å². The van der Waals surface area contributed by atoms with Crippen LogP contribution in [-0.2, 0) is 6.42 Å². The molecule has 0 saturated carbocycles. The van der Waals surface area contributed by atoms with Crippen molar-refractivity contribution in [2.45, 2.75) is 19.4 Å². The van der Waals surface area contributed by atoms with Gasteiger partial charge < -0.3 is 0 Å². The summed E-state index contributed by atoms with van der Waals surface area (Å²) in [7, 11) is 0. The highest BCUT2D eigenvalue weighted by Gasteiger charge is 2.07. The van der Waals surface area contributed by atoms with Crippen LogP contribution >= 0.6 is 0 Å². The molecule has 1 unspecified atom stereocenters. The van der Waals surface area contributed by atoms with Crippen molar-refractivity contribution in [1.82, 2.24) is 5.32 Å². The molecule has 0 saturated heterocycles. The van der Waals surface area contributed by atoms with Crippen molar-refractivity contribution >= 4 is 0 Å². The molecule has 1 aromatic carbocycles. The minimum absolute atomic E-state index is 0.242. The molecule has 1 N–H and O–H groups in total. The lowest BCUT2D eigenvalue weighted by Crippen LogP contribution is -2.19. The van der Waals surface area contributed by atoms with E-state index in [0.717, 1.165) is 12.0 Å². The van der Waals surface area contributed by atoms with Crippen LogP contribution in [0.3, 0.4) is 0 Å². The summed E-state index contributed by atoms with van der Waals surface area (Å²) in [6.45, 7) is 6.38. The molecule has 0 aromatic heterocycles. The van der Waals surface area contributed by atoms with E-state index in [1.54, 1.807) is 6.08 Å². The normalized spacial score (nSPS) is 11.7. The van der Waals surface area contributed by atoms with Gasteiger partial charge in [0.05, 0.1) is 6.07 Å². The molecule has 78 valence electrons. The molecule has 15 heavy (non-hydrogen) atoms. The van der Waals surface area contributed by atoms with Gasteiger partial charge in [-0.1, -0.05) is 37.3 Å². The van der Waals surface area contributed by atoms with Gasteiger partial charge in [0.1, 0.15) is 6.04 Å². The summed E-state index contributed by atoms with van der Waals surface area (Å²) in [6, 6.07) is 10.1. The van der Waals surface area contributed by atoms with Gasteiger partial charge in [-0.3, -0.25) is 5.32 Å². The van der Waals surface area contributed by atoms with E-state index in [1.807, 2.05) is 12.1 Å². The Morgan fingerprint density at radius 3 is 2.60 bits per heavy atom. The SMILES string of the molecule is C=CCNC(C#N)c1ccc(CC)cc1. The number of aryl methyl sites for hydroxylation is 1. The van der Waals surface area contributed by atoms with Crippen molar-refractivity contribution < 1.29 is 0 Å². The van der Waals surface area contributed by atoms with Gasteiger partial charge in [0.25, 0.3) is 0 Å². The first kappa shape index (κ1) is 11.5. The smallest absolute Gasteiger partial charge is 0.121 e. The van der Waals surface area contributed by atoms with Gasteiger partial charge in [-0.25, -0.2) is 0 Å².